The molecule has 201 valence electrons. The van der Waals surface area contributed by atoms with Gasteiger partial charge in [0, 0.05) is 8.80 Å². The first-order chi connectivity index (χ1) is 17.2. The number of rotatable bonds is 9. The molecule has 36 heavy (non-hydrogen) atoms. The van der Waals surface area contributed by atoms with Crippen LogP contribution >= 0.6 is 0 Å². The SMILES string of the molecule is CCCCCCC[Si]1CCC(C2CCC(CC(O)C#Cc3ccc(C(F)(F)F)c(F)c3F)CC2)CC1. The van der Waals surface area contributed by atoms with Crippen LogP contribution in [0.4, 0.5) is 22.0 Å². The number of hydrogen-bond donors (Lipinski definition) is 1. The second kappa shape index (κ2) is 14.0. The highest BCUT2D eigenvalue weighted by molar-refractivity contribution is 6.58. The Hall–Kier alpha value is -1.39. The van der Waals surface area contributed by atoms with Crippen LogP contribution in [0.3, 0.4) is 0 Å². The molecule has 1 aliphatic heterocycles. The molecule has 1 saturated carbocycles. The fraction of sp³-hybridized carbons (Fsp3) is 0.724. The first kappa shape index (κ1) is 29.2. The molecule has 1 aromatic rings. The minimum atomic E-state index is -4.97. The average Bonchev–Trinajstić information content (AvgIpc) is 2.85. The zero-order chi connectivity index (χ0) is 26.1. The summed E-state index contributed by atoms with van der Waals surface area (Å²) in [5, 5.41) is 10.3. The topological polar surface area (TPSA) is 20.2 Å². The Morgan fingerprint density at radius 2 is 1.56 bits per heavy atom. The Morgan fingerprint density at radius 3 is 2.19 bits per heavy atom. The average molecular weight is 528 g/mol. The summed E-state index contributed by atoms with van der Waals surface area (Å²) in [7, 11) is -0.130. The maximum Gasteiger partial charge on any atom is 0.419 e. The van der Waals surface area contributed by atoms with E-state index < -0.39 is 35.0 Å². The van der Waals surface area contributed by atoms with Gasteiger partial charge in [0.15, 0.2) is 11.6 Å². The van der Waals surface area contributed by atoms with E-state index in [1.807, 2.05) is 0 Å². The van der Waals surface area contributed by atoms with Crippen molar-refractivity contribution in [1.82, 2.24) is 0 Å². The van der Waals surface area contributed by atoms with Crippen molar-refractivity contribution in [2.24, 2.45) is 17.8 Å². The van der Waals surface area contributed by atoms with E-state index in [0.29, 0.717) is 18.4 Å². The lowest BCUT2D eigenvalue weighted by Crippen LogP contribution is -2.29. The van der Waals surface area contributed by atoms with Gasteiger partial charge in [0.05, 0.1) is 11.1 Å². The van der Waals surface area contributed by atoms with Crippen molar-refractivity contribution < 1.29 is 27.1 Å². The first-order valence-corrected chi connectivity index (χ1v) is 15.9. The predicted octanol–water partition coefficient (Wildman–Crippen LogP) is 8.77. The van der Waals surface area contributed by atoms with Gasteiger partial charge in [-0.25, -0.2) is 8.78 Å². The van der Waals surface area contributed by atoms with E-state index in [0.717, 1.165) is 30.7 Å². The molecule has 1 N–H and O–H groups in total. The Kier molecular flexibility index (Phi) is 11.3. The fourth-order valence-electron chi connectivity index (χ4n) is 6.04. The van der Waals surface area contributed by atoms with Crippen molar-refractivity contribution in [3.05, 3.63) is 34.9 Å². The highest BCUT2D eigenvalue weighted by Gasteiger charge is 2.36. The van der Waals surface area contributed by atoms with Gasteiger partial charge in [0.1, 0.15) is 6.10 Å². The van der Waals surface area contributed by atoms with Gasteiger partial charge in [-0.15, -0.1) is 0 Å². The van der Waals surface area contributed by atoms with Crippen LogP contribution in [0.15, 0.2) is 12.1 Å². The summed E-state index contributed by atoms with van der Waals surface area (Å²) in [5.74, 6) is 3.22. The Morgan fingerprint density at radius 1 is 0.917 bits per heavy atom. The standard InChI is InChI=1S/C29H40F5OSi/c1-2-3-4-5-6-17-36-18-15-23(16-19-36)22-9-7-21(8-10-22)20-25(35)13-11-24-12-14-26(29(32,33)34)28(31)27(24)30/h12,14,21-23,25,35H,2-10,15-20H2,1H3. The molecule has 1 atom stereocenters. The van der Waals surface area contributed by atoms with Crippen molar-refractivity contribution in [2.75, 3.05) is 0 Å². The van der Waals surface area contributed by atoms with Gasteiger partial charge in [-0.05, 0) is 49.1 Å². The van der Waals surface area contributed by atoms with Crippen molar-refractivity contribution in [1.29, 1.82) is 0 Å². The van der Waals surface area contributed by atoms with E-state index in [9.17, 15) is 27.1 Å². The molecule has 1 heterocycles. The van der Waals surface area contributed by atoms with Gasteiger partial charge in [-0.3, -0.25) is 0 Å². The third-order valence-electron chi connectivity index (χ3n) is 8.25. The molecule has 1 aliphatic carbocycles. The molecule has 0 aromatic heterocycles. The Bertz CT molecular complexity index is 874. The molecule has 0 spiro atoms. The second-order valence-electron chi connectivity index (χ2n) is 10.8. The zero-order valence-electron chi connectivity index (χ0n) is 21.4. The van der Waals surface area contributed by atoms with Crippen LogP contribution < -0.4 is 0 Å². The Labute approximate surface area is 214 Å². The minimum Gasteiger partial charge on any atom is -0.380 e. The minimum absolute atomic E-state index is 0.130. The summed E-state index contributed by atoms with van der Waals surface area (Å²) >= 11 is 0. The summed E-state index contributed by atoms with van der Waals surface area (Å²) in [6.45, 7) is 2.26. The number of hydrogen-bond acceptors (Lipinski definition) is 1. The predicted molar refractivity (Wildman–Crippen MR) is 136 cm³/mol. The van der Waals surface area contributed by atoms with E-state index in [1.54, 1.807) is 0 Å². The van der Waals surface area contributed by atoms with E-state index in [2.05, 4.69) is 18.8 Å². The van der Waals surface area contributed by atoms with Crippen LogP contribution in [-0.2, 0) is 6.18 Å². The van der Waals surface area contributed by atoms with Crippen LogP contribution in [0.5, 0.6) is 0 Å². The molecule has 1 radical (unpaired) electrons. The smallest absolute Gasteiger partial charge is 0.380 e. The third-order valence-corrected chi connectivity index (χ3v) is 11.3. The number of unbranched alkanes of at least 4 members (excludes halogenated alkanes) is 4. The number of aliphatic hydroxyl groups is 1. The molecule has 1 nitrogen and oxygen atoms in total. The number of halogens is 5. The van der Waals surface area contributed by atoms with Crippen LogP contribution in [0.2, 0.25) is 18.1 Å². The highest BCUT2D eigenvalue weighted by atomic mass is 28.3. The maximum absolute atomic E-state index is 14.0. The van der Waals surface area contributed by atoms with Crippen molar-refractivity contribution in [2.45, 2.75) is 114 Å². The molecule has 7 heteroatoms. The molecule has 2 fully saturated rings. The summed E-state index contributed by atoms with van der Waals surface area (Å²) in [4.78, 5) is 0. The lowest BCUT2D eigenvalue weighted by molar-refractivity contribution is -0.140. The van der Waals surface area contributed by atoms with Crippen LogP contribution in [0.1, 0.15) is 95.1 Å². The summed E-state index contributed by atoms with van der Waals surface area (Å²) in [5.41, 5.74) is -2.12. The molecule has 2 aliphatic rings. The van der Waals surface area contributed by atoms with E-state index in [4.69, 9.17) is 0 Å². The number of aliphatic hydroxyl groups excluding tert-OH is 1. The van der Waals surface area contributed by atoms with Crippen molar-refractivity contribution in [3.63, 3.8) is 0 Å². The second-order valence-corrected chi connectivity index (χ2v) is 13.8. The quantitative estimate of drug-likeness (QED) is 0.147. The van der Waals surface area contributed by atoms with Crippen LogP contribution in [-0.4, -0.2) is 20.0 Å². The number of alkyl halides is 3. The normalized spacial score (nSPS) is 22.8. The van der Waals surface area contributed by atoms with E-state index in [1.165, 1.54) is 75.9 Å². The zero-order valence-corrected chi connectivity index (χ0v) is 22.4. The van der Waals surface area contributed by atoms with Gasteiger partial charge < -0.3 is 5.11 Å². The molecule has 0 amide bonds. The monoisotopic (exact) mass is 527 g/mol. The summed E-state index contributed by atoms with van der Waals surface area (Å²) in [6.07, 6.45) is 8.59. The molecule has 3 rings (SSSR count). The lowest BCUT2D eigenvalue weighted by Gasteiger charge is -2.37. The largest absolute Gasteiger partial charge is 0.419 e. The lowest BCUT2D eigenvalue weighted by atomic mass is 9.73. The highest BCUT2D eigenvalue weighted by Crippen LogP contribution is 2.42. The van der Waals surface area contributed by atoms with Crippen molar-refractivity contribution >= 4 is 8.80 Å². The molecular formula is C29H40F5OSi. The molecule has 1 aromatic carbocycles. The summed E-state index contributed by atoms with van der Waals surface area (Å²) in [6, 6.07) is 5.74. The first-order valence-electron chi connectivity index (χ1n) is 13.8. The van der Waals surface area contributed by atoms with Gasteiger partial charge in [0.2, 0.25) is 0 Å². The van der Waals surface area contributed by atoms with Crippen LogP contribution in [0.25, 0.3) is 0 Å². The van der Waals surface area contributed by atoms with Gasteiger partial charge in [-0.1, -0.05) is 94.7 Å². The van der Waals surface area contributed by atoms with E-state index in [-0.39, 0.29) is 8.80 Å². The van der Waals surface area contributed by atoms with Crippen LogP contribution in [0, 0.1) is 41.2 Å². The molecule has 0 bridgehead atoms. The van der Waals surface area contributed by atoms with Gasteiger partial charge in [-0.2, -0.15) is 13.2 Å². The van der Waals surface area contributed by atoms with E-state index >= 15 is 0 Å². The number of benzene rings is 1. The molecular weight excluding hydrogens is 487 g/mol. The molecule has 1 saturated heterocycles. The molecule has 1 unspecified atom stereocenters. The van der Waals surface area contributed by atoms with Gasteiger partial charge >= 0.3 is 6.18 Å². The fourth-order valence-corrected chi connectivity index (χ4v) is 9.10. The maximum atomic E-state index is 14.0. The third kappa shape index (κ3) is 8.58. The summed E-state index contributed by atoms with van der Waals surface area (Å²) < 4.78 is 65.8. The van der Waals surface area contributed by atoms with Gasteiger partial charge in [0.25, 0.3) is 0 Å². The van der Waals surface area contributed by atoms with Crippen molar-refractivity contribution in [3.8, 4) is 11.8 Å². The Balaban J connectivity index is 1.39.